The number of aromatic nitrogens is 4. The molecular weight excluding hydrogens is 343 g/mol. The summed E-state index contributed by atoms with van der Waals surface area (Å²) in [6.45, 7) is 0.611. The quantitative estimate of drug-likeness (QED) is 0.730. The van der Waals surface area contributed by atoms with Gasteiger partial charge in [-0.2, -0.15) is 10.2 Å². The molecule has 3 rings (SSSR count). The topological polar surface area (TPSA) is 55.3 Å². The van der Waals surface area contributed by atoms with Crippen molar-refractivity contribution >= 4 is 28.1 Å². The molecule has 0 unspecified atom stereocenters. The van der Waals surface area contributed by atoms with Crippen LogP contribution in [0, 0.1) is 3.57 Å². The number of rotatable bonds is 3. The number of halogens is 1. The summed E-state index contributed by atoms with van der Waals surface area (Å²) >= 11 is 2.27. The van der Waals surface area contributed by atoms with E-state index in [1.807, 2.05) is 29.2 Å². The lowest BCUT2D eigenvalue weighted by molar-refractivity contribution is 0.269. The molecule has 6 heteroatoms. The second-order valence-electron chi connectivity index (χ2n) is 3.96. The van der Waals surface area contributed by atoms with Crippen LogP contribution in [-0.4, -0.2) is 31.1 Å². The maximum absolute atomic E-state index is 8.87. The molecule has 0 aliphatic heterocycles. The molecule has 0 spiro atoms. The van der Waals surface area contributed by atoms with E-state index < -0.39 is 0 Å². The molecule has 3 heterocycles. The van der Waals surface area contributed by atoms with Crippen LogP contribution in [-0.2, 0) is 6.54 Å². The number of aliphatic hydroxyl groups excluding tert-OH is 1. The fraction of sp³-hybridized carbons (Fsp3) is 0.167. The van der Waals surface area contributed by atoms with Crippen LogP contribution in [0.5, 0.6) is 0 Å². The van der Waals surface area contributed by atoms with Crippen LogP contribution in [0.25, 0.3) is 16.6 Å². The Bertz CT molecular complexity index is 688. The van der Waals surface area contributed by atoms with Crippen molar-refractivity contribution in [1.29, 1.82) is 0 Å². The zero-order valence-corrected chi connectivity index (χ0v) is 11.6. The summed E-state index contributed by atoms with van der Waals surface area (Å²) < 4.78 is 4.72. The molecule has 92 valence electrons. The highest BCUT2D eigenvalue weighted by atomic mass is 127. The van der Waals surface area contributed by atoms with Gasteiger partial charge >= 0.3 is 0 Å². The van der Waals surface area contributed by atoms with E-state index in [1.54, 1.807) is 10.9 Å². The molecule has 5 nitrogen and oxygen atoms in total. The summed E-state index contributed by atoms with van der Waals surface area (Å²) in [7, 11) is 0. The maximum Gasteiger partial charge on any atom is 0.0795 e. The minimum atomic E-state index is 0.0947. The summed E-state index contributed by atoms with van der Waals surface area (Å²) in [4.78, 5) is 0. The number of aliphatic hydroxyl groups is 1. The molecule has 0 fully saturated rings. The van der Waals surface area contributed by atoms with Gasteiger partial charge in [0.25, 0.3) is 0 Å². The normalized spacial score (nSPS) is 11.2. The Hall–Kier alpha value is -1.41. The summed E-state index contributed by atoms with van der Waals surface area (Å²) in [6.07, 6.45) is 7.55. The van der Waals surface area contributed by atoms with Crippen molar-refractivity contribution < 1.29 is 5.11 Å². The molecule has 0 aliphatic rings. The van der Waals surface area contributed by atoms with Gasteiger partial charge in [-0.05, 0) is 28.7 Å². The van der Waals surface area contributed by atoms with E-state index in [0.717, 1.165) is 20.2 Å². The van der Waals surface area contributed by atoms with Gasteiger partial charge in [-0.25, -0.2) is 4.52 Å². The first-order valence-corrected chi connectivity index (χ1v) is 6.62. The Morgan fingerprint density at radius 1 is 1.11 bits per heavy atom. The third-order valence-corrected chi connectivity index (χ3v) is 3.60. The summed E-state index contributed by atoms with van der Waals surface area (Å²) in [5.41, 5.74) is 3.18. The third-order valence-electron chi connectivity index (χ3n) is 2.76. The number of fused-ring (bicyclic) bond motifs is 1. The van der Waals surface area contributed by atoms with Gasteiger partial charge in [-0.3, -0.25) is 4.68 Å². The SMILES string of the molecule is OCCn1cc(-c2ccc3c(I)cnn3c2)cn1. The third kappa shape index (κ3) is 2.01. The Morgan fingerprint density at radius 3 is 2.83 bits per heavy atom. The predicted octanol–water partition coefficient (Wildman–Crippen LogP) is 1.79. The molecule has 3 aromatic rings. The van der Waals surface area contributed by atoms with Crippen molar-refractivity contribution in [3.63, 3.8) is 0 Å². The lowest BCUT2D eigenvalue weighted by Crippen LogP contribution is -2.01. The average Bonchev–Trinajstić information content (AvgIpc) is 2.97. The Morgan fingerprint density at radius 2 is 2.00 bits per heavy atom. The van der Waals surface area contributed by atoms with Crippen molar-refractivity contribution in [2.24, 2.45) is 0 Å². The van der Waals surface area contributed by atoms with E-state index in [4.69, 9.17) is 5.11 Å². The number of pyridine rings is 1. The van der Waals surface area contributed by atoms with Gasteiger partial charge in [0.1, 0.15) is 0 Å². The van der Waals surface area contributed by atoms with Crippen LogP contribution in [0.4, 0.5) is 0 Å². The van der Waals surface area contributed by atoms with Crippen molar-refractivity contribution in [2.45, 2.75) is 6.54 Å². The van der Waals surface area contributed by atoms with Crippen molar-refractivity contribution in [3.05, 3.63) is 40.5 Å². The van der Waals surface area contributed by atoms with Crippen LogP contribution in [0.2, 0.25) is 0 Å². The highest BCUT2D eigenvalue weighted by molar-refractivity contribution is 14.1. The summed E-state index contributed by atoms with van der Waals surface area (Å²) in [5, 5.41) is 17.4. The molecule has 0 saturated heterocycles. The Kier molecular flexibility index (Phi) is 3.04. The Labute approximate surface area is 117 Å². The van der Waals surface area contributed by atoms with Gasteiger partial charge in [-0.1, -0.05) is 6.07 Å². The molecule has 0 amide bonds. The zero-order chi connectivity index (χ0) is 12.5. The number of hydrogen-bond donors (Lipinski definition) is 1. The van der Waals surface area contributed by atoms with Crippen LogP contribution in [0.1, 0.15) is 0 Å². The first-order valence-electron chi connectivity index (χ1n) is 5.54. The molecule has 0 atom stereocenters. The average molecular weight is 354 g/mol. The van der Waals surface area contributed by atoms with Crippen LogP contribution < -0.4 is 0 Å². The molecule has 0 radical (unpaired) electrons. The lowest BCUT2D eigenvalue weighted by atomic mass is 10.1. The molecule has 0 saturated carbocycles. The standard InChI is InChI=1S/C12H11IN4O/c13-11-6-15-17-8-9(1-2-12(11)17)10-5-14-16(7-10)3-4-18/h1-2,5-8,18H,3-4H2. The van der Waals surface area contributed by atoms with Gasteiger partial charge in [0.05, 0.1) is 34.6 Å². The van der Waals surface area contributed by atoms with Gasteiger partial charge in [0.15, 0.2) is 0 Å². The minimum absolute atomic E-state index is 0.0947. The molecule has 0 bridgehead atoms. The van der Waals surface area contributed by atoms with Crippen molar-refractivity contribution in [3.8, 4) is 11.1 Å². The highest BCUT2D eigenvalue weighted by Crippen LogP contribution is 2.21. The van der Waals surface area contributed by atoms with E-state index in [9.17, 15) is 0 Å². The minimum Gasteiger partial charge on any atom is -0.394 e. The fourth-order valence-corrected chi connectivity index (χ4v) is 2.41. The molecule has 18 heavy (non-hydrogen) atoms. The molecule has 3 aromatic heterocycles. The van der Waals surface area contributed by atoms with E-state index in [2.05, 4.69) is 38.9 Å². The monoisotopic (exact) mass is 354 g/mol. The first kappa shape index (κ1) is 11.7. The smallest absolute Gasteiger partial charge is 0.0795 e. The van der Waals surface area contributed by atoms with E-state index >= 15 is 0 Å². The van der Waals surface area contributed by atoms with E-state index in [0.29, 0.717) is 6.54 Å². The van der Waals surface area contributed by atoms with Gasteiger partial charge in [0, 0.05) is 23.5 Å². The largest absolute Gasteiger partial charge is 0.394 e. The van der Waals surface area contributed by atoms with Crippen LogP contribution in [0.15, 0.2) is 36.9 Å². The van der Waals surface area contributed by atoms with Crippen LogP contribution in [0.3, 0.4) is 0 Å². The molecular formula is C12H11IN4O. The first-order chi connectivity index (χ1) is 8.78. The van der Waals surface area contributed by atoms with Gasteiger partial charge in [-0.15, -0.1) is 0 Å². The zero-order valence-electron chi connectivity index (χ0n) is 9.49. The second-order valence-corrected chi connectivity index (χ2v) is 5.12. The Balaban J connectivity index is 2.02. The van der Waals surface area contributed by atoms with Gasteiger partial charge < -0.3 is 5.11 Å². The van der Waals surface area contributed by atoms with Crippen molar-refractivity contribution in [2.75, 3.05) is 6.61 Å². The number of nitrogens with zero attached hydrogens (tertiary/aromatic N) is 4. The van der Waals surface area contributed by atoms with Crippen molar-refractivity contribution in [1.82, 2.24) is 19.4 Å². The summed E-state index contributed by atoms with van der Waals surface area (Å²) in [6, 6.07) is 4.10. The predicted molar refractivity (Wildman–Crippen MR) is 76.2 cm³/mol. The van der Waals surface area contributed by atoms with E-state index in [1.165, 1.54) is 0 Å². The molecule has 0 aliphatic carbocycles. The second kappa shape index (κ2) is 4.69. The highest BCUT2D eigenvalue weighted by Gasteiger charge is 2.05. The fourth-order valence-electron chi connectivity index (χ4n) is 1.86. The van der Waals surface area contributed by atoms with Crippen LogP contribution >= 0.6 is 22.6 Å². The lowest BCUT2D eigenvalue weighted by Gasteiger charge is -1.99. The maximum atomic E-state index is 8.87. The number of hydrogen-bond acceptors (Lipinski definition) is 3. The van der Waals surface area contributed by atoms with Gasteiger partial charge in [0.2, 0.25) is 0 Å². The molecule has 0 aromatic carbocycles. The summed E-state index contributed by atoms with van der Waals surface area (Å²) in [5.74, 6) is 0. The molecule has 1 N–H and O–H groups in total. The van der Waals surface area contributed by atoms with E-state index in [-0.39, 0.29) is 6.61 Å².